The van der Waals surface area contributed by atoms with Crippen LogP contribution in [0.25, 0.3) is 28.2 Å². The average molecular weight is 402 g/mol. The van der Waals surface area contributed by atoms with Crippen molar-refractivity contribution in [3.05, 3.63) is 58.5 Å². The van der Waals surface area contributed by atoms with Crippen LogP contribution in [0.3, 0.4) is 0 Å². The van der Waals surface area contributed by atoms with E-state index in [-0.39, 0.29) is 27.4 Å². The van der Waals surface area contributed by atoms with Gasteiger partial charge >= 0.3 is 5.97 Å². The first-order valence-corrected chi connectivity index (χ1v) is 8.50. The number of thioether (sulfide) groups is 1. The molecule has 2 N–H and O–H groups in total. The Morgan fingerprint density at radius 2 is 1.89 bits per heavy atom. The maximum atomic E-state index is 14.0. The lowest BCUT2D eigenvalue weighted by molar-refractivity contribution is -0.115. The zero-order valence-electron chi connectivity index (χ0n) is 13.7. The van der Waals surface area contributed by atoms with Crippen LogP contribution in [0.15, 0.2) is 39.9 Å². The second-order valence-corrected chi connectivity index (χ2v) is 6.74. The second-order valence-electron chi connectivity index (χ2n) is 5.73. The van der Waals surface area contributed by atoms with Gasteiger partial charge in [0.15, 0.2) is 0 Å². The number of aromatic carboxylic acids is 1. The fourth-order valence-electron chi connectivity index (χ4n) is 2.74. The number of carbonyl (C=O) groups excluding carboxylic acids is 2. The molecule has 0 aliphatic carbocycles. The highest BCUT2D eigenvalue weighted by atomic mass is 32.2. The van der Waals surface area contributed by atoms with E-state index in [9.17, 15) is 23.2 Å². The minimum Gasteiger partial charge on any atom is -0.477 e. The summed E-state index contributed by atoms with van der Waals surface area (Å²) in [5.41, 5.74) is -0.549. The summed E-state index contributed by atoms with van der Waals surface area (Å²) in [6.45, 7) is 0. The van der Waals surface area contributed by atoms with Crippen LogP contribution in [-0.4, -0.2) is 27.2 Å². The molecule has 3 heterocycles. The van der Waals surface area contributed by atoms with Crippen LogP contribution in [0.5, 0.6) is 0 Å². The van der Waals surface area contributed by atoms with Gasteiger partial charge in [-0.2, -0.15) is 0 Å². The van der Waals surface area contributed by atoms with E-state index >= 15 is 0 Å². The highest BCUT2D eigenvalue weighted by molar-refractivity contribution is 8.18. The fourth-order valence-corrected chi connectivity index (χ4v) is 3.40. The van der Waals surface area contributed by atoms with Crippen LogP contribution < -0.4 is 5.32 Å². The van der Waals surface area contributed by atoms with Crippen molar-refractivity contribution in [2.24, 2.45) is 0 Å². The van der Waals surface area contributed by atoms with Gasteiger partial charge in [0.2, 0.25) is 0 Å². The van der Waals surface area contributed by atoms with Crippen LogP contribution in [0, 0.1) is 11.6 Å². The first kappa shape index (κ1) is 17.9. The standard InChI is InChI=1S/C18H8F2N2O5S/c19-11-2-7(3-12(20)14(11)17(24)25)10-6-21-5-8-1-9(27-15(8)10)4-13-16(23)22-18(26)28-13/h1-6H,(H,24,25)(H,22,23,26)/b13-4+. The summed E-state index contributed by atoms with van der Waals surface area (Å²) >= 11 is 0.718. The number of imide groups is 1. The van der Waals surface area contributed by atoms with Crippen molar-refractivity contribution in [3.63, 3.8) is 0 Å². The van der Waals surface area contributed by atoms with Gasteiger partial charge in [-0.25, -0.2) is 13.6 Å². The molecule has 0 atom stereocenters. The van der Waals surface area contributed by atoms with Crippen molar-refractivity contribution >= 4 is 45.9 Å². The predicted octanol–water partition coefficient (Wildman–Crippen LogP) is 3.80. The van der Waals surface area contributed by atoms with Crippen molar-refractivity contribution in [1.29, 1.82) is 0 Å². The highest BCUT2D eigenvalue weighted by Gasteiger charge is 2.26. The normalized spacial score (nSPS) is 15.4. The molecule has 1 aromatic carbocycles. The Morgan fingerprint density at radius 3 is 2.50 bits per heavy atom. The van der Waals surface area contributed by atoms with E-state index in [1.807, 2.05) is 0 Å². The summed E-state index contributed by atoms with van der Waals surface area (Å²) in [6.07, 6.45) is 4.14. The third-order valence-electron chi connectivity index (χ3n) is 3.92. The number of hydrogen-bond donors (Lipinski definition) is 2. The number of fused-ring (bicyclic) bond motifs is 1. The van der Waals surface area contributed by atoms with Crippen LogP contribution in [0.1, 0.15) is 16.1 Å². The van der Waals surface area contributed by atoms with E-state index in [1.54, 1.807) is 6.07 Å². The molecule has 2 amide bonds. The largest absolute Gasteiger partial charge is 0.477 e. The number of nitrogens with zero attached hydrogens (tertiary/aromatic N) is 1. The SMILES string of the molecule is O=C1NC(=O)/C(=C\c2cc3cncc(-c4cc(F)c(C(=O)O)c(F)c4)c3o2)S1. The Labute approximate surface area is 159 Å². The number of carboxylic acids is 1. The number of hydrogen-bond acceptors (Lipinski definition) is 6. The van der Waals surface area contributed by atoms with E-state index < -0.39 is 34.3 Å². The summed E-state index contributed by atoms with van der Waals surface area (Å²) in [5, 5.41) is 11.0. The molecule has 2 aromatic heterocycles. The molecule has 0 unspecified atom stereocenters. The van der Waals surface area contributed by atoms with E-state index in [0.29, 0.717) is 5.39 Å². The van der Waals surface area contributed by atoms with E-state index in [0.717, 1.165) is 23.9 Å². The van der Waals surface area contributed by atoms with Crippen LogP contribution in [-0.2, 0) is 4.79 Å². The zero-order chi connectivity index (χ0) is 20.0. The molecular formula is C18H8F2N2O5S. The van der Waals surface area contributed by atoms with Gasteiger partial charge in [-0.15, -0.1) is 0 Å². The minimum atomic E-state index is -1.72. The zero-order valence-corrected chi connectivity index (χ0v) is 14.5. The summed E-state index contributed by atoms with van der Waals surface area (Å²) in [6, 6.07) is 3.30. The molecular weight excluding hydrogens is 394 g/mol. The van der Waals surface area contributed by atoms with Crippen molar-refractivity contribution in [1.82, 2.24) is 10.3 Å². The summed E-state index contributed by atoms with van der Waals surface area (Å²) < 4.78 is 33.8. The lowest BCUT2D eigenvalue weighted by Crippen LogP contribution is -2.17. The number of carboxylic acid groups (broad SMARTS) is 1. The van der Waals surface area contributed by atoms with Crippen molar-refractivity contribution in [2.75, 3.05) is 0 Å². The molecule has 7 nitrogen and oxygen atoms in total. The fraction of sp³-hybridized carbons (Fsp3) is 0. The Morgan fingerprint density at radius 1 is 1.18 bits per heavy atom. The maximum Gasteiger partial charge on any atom is 0.341 e. The average Bonchev–Trinajstić information content (AvgIpc) is 3.15. The lowest BCUT2D eigenvalue weighted by atomic mass is 10.0. The molecule has 1 aliphatic rings. The number of aromatic nitrogens is 1. The Kier molecular flexibility index (Phi) is 4.19. The Balaban J connectivity index is 1.83. The van der Waals surface area contributed by atoms with Crippen LogP contribution >= 0.6 is 11.8 Å². The van der Waals surface area contributed by atoms with E-state index in [2.05, 4.69) is 10.3 Å². The number of benzene rings is 1. The summed E-state index contributed by atoms with van der Waals surface area (Å²) in [4.78, 5) is 38.0. The van der Waals surface area contributed by atoms with Crippen molar-refractivity contribution in [2.45, 2.75) is 0 Å². The highest BCUT2D eigenvalue weighted by Crippen LogP contribution is 2.34. The summed E-state index contributed by atoms with van der Waals surface area (Å²) in [5.74, 6) is -4.49. The molecule has 1 aliphatic heterocycles. The van der Waals surface area contributed by atoms with Gasteiger partial charge < -0.3 is 9.52 Å². The van der Waals surface area contributed by atoms with Crippen molar-refractivity contribution in [3.8, 4) is 11.1 Å². The lowest BCUT2D eigenvalue weighted by Gasteiger charge is -2.06. The quantitative estimate of drug-likeness (QED) is 0.642. The first-order chi connectivity index (χ1) is 13.3. The number of nitrogens with one attached hydrogen (secondary N) is 1. The van der Waals surface area contributed by atoms with Gasteiger partial charge in [0, 0.05) is 29.4 Å². The van der Waals surface area contributed by atoms with Crippen molar-refractivity contribution < 1.29 is 32.7 Å². The van der Waals surface area contributed by atoms with Gasteiger partial charge in [-0.05, 0) is 35.5 Å². The Bertz CT molecular complexity index is 1190. The molecule has 1 fully saturated rings. The maximum absolute atomic E-state index is 14.0. The van der Waals surface area contributed by atoms with Gasteiger partial charge in [0.05, 0.1) is 4.91 Å². The third-order valence-corrected chi connectivity index (χ3v) is 4.73. The number of carbonyl (C=O) groups is 3. The van der Waals surface area contributed by atoms with Crippen LogP contribution in [0.4, 0.5) is 13.6 Å². The minimum absolute atomic E-state index is 0.0369. The van der Waals surface area contributed by atoms with Gasteiger partial charge in [0.1, 0.15) is 28.5 Å². The number of amides is 2. The summed E-state index contributed by atoms with van der Waals surface area (Å²) in [7, 11) is 0. The van der Waals surface area contributed by atoms with E-state index in [4.69, 9.17) is 9.52 Å². The topological polar surface area (TPSA) is 110 Å². The van der Waals surface area contributed by atoms with Gasteiger partial charge in [-0.1, -0.05) is 0 Å². The first-order valence-electron chi connectivity index (χ1n) is 7.68. The molecule has 0 spiro atoms. The molecule has 140 valence electrons. The number of furan rings is 1. The van der Waals surface area contributed by atoms with Gasteiger partial charge in [-0.3, -0.25) is 19.9 Å². The Hall–Kier alpha value is -3.53. The predicted molar refractivity (Wildman–Crippen MR) is 95.4 cm³/mol. The monoisotopic (exact) mass is 402 g/mol. The molecule has 10 heteroatoms. The second kappa shape index (κ2) is 6.57. The number of halogens is 2. The third kappa shape index (κ3) is 3.03. The molecule has 1 saturated heterocycles. The molecule has 0 radical (unpaired) electrons. The molecule has 0 bridgehead atoms. The molecule has 3 aromatic rings. The molecule has 28 heavy (non-hydrogen) atoms. The van der Waals surface area contributed by atoms with Crippen LogP contribution in [0.2, 0.25) is 0 Å². The smallest absolute Gasteiger partial charge is 0.341 e. The van der Waals surface area contributed by atoms with Gasteiger partial charge in [0.25, 0.3) is 11.1 Å². The molecule has 0 saturated carbocycles. The molecule has 4 rings (SSSR count). The number of rotatable bonds is 3. The van der Waals surface area contributed by atoms with E-state index in [1.165, 1.54) is 18.5 Å². The number of pyridine rings is 1.